The monoisotopic (exact) mass is 387 g/mol. The molecule has 0 unspecified atom stereocenters. The van der Waals surface area contributed by atoms with Crippen molar-refractivity contribution in [3.05, 3.63) is 99.9 Å². The Morgan fingerprint density at radius 2 is 1.55 bits per heavy atom. The van der Waals surface area contributed by atoms with Crippen LogP contribution >= 0.6 is 0 Å². The number of rotatable bonds is 4. The van der Waals surface area contributed by atoms with Gasteiger partial charge in [0.1, 0.15) is 5.82 Å². The van der Waals surface area contributed by atoms with E-state index in [1.165, 1.54) is 40.6 Å². The summed E-state index contributed by atoms with van der Waals surface area (Å²) in [5.41, 5.74) is 10.2. The number of amides is 1. The summed E-state index contributed by atoms with van der Waals surface area (Å²) in [5.74, 6) is -0.594. The van der Waals surface area contributed by atoms with Gasteiger partial charge in [0.25, 0.3) is 5.91 Å². The Balaban J connectivity index is 1.39. The van der Waals surface area contributed by atoms with E-state index in [0.29, 0.717) is 11.1 Å². The van der Waals surface area contributed by atoms with Crippen LogP contribution in [0.25, 0.3) is 0 Å². The first kappa shape index (κ1) is 18.9. The third-order valence-electron chi connectivity index (χ3n) is 5.28. The van der Waals surface area contributed by atoms with Crippen LogP contribution in [0.4, 0.5) is 10.1 Å². The Bertz CT molecular complexity index is 1040. The Labute approximate surface area is 169 Å². The summed E-state index contributed by atoms with van der Waals surface area (Å²) in [4.78, 5) is 14.6. The molecule has 0 saturated heterocycles. The van der Waals surface area contributed by atoms with Crippen molar-refractivity contribution in [3.8, 4) is 0 Å². The van der Waals surface area contributed by atoms with Gasteiger partial charge in [-0.15, -0.1) is 0 Å². The third-order valence-corrected chi connectivity index (χ3v) is 5.28. The number of hydrazone groups is 1. The lowest BCUT2D eigenvalue weighted by molar-refractivity contribution is 0.0955. The topological polar surface area (TPSA) is 44.7 Å². The van der Waals surface area contributed by atoms with Crippen LogP contribution in [-0.2, 0) is 13.1 Å². The lowest BCUT2D eigenvalue weighted by atomic mass is 10.0. The summed E-state index contributed by atoms with van der Waals surface area (Å²) >= 11 is 0. The molecular formula is C24H22FN3O. The van der Waals surface area contributed by atoms with Crippen molar-refractivity contribution in [1.29, 1.82) is 0 Å². The quantitative estimate of drug-likeness (QED) is 0.520. The largest absolute Gasteiger partial charge is 0.363 e. The van der Waals surface area contributed by atoms with Gasteiger partial charge in [0.05, 0.1) is 6.21 Å². The number of nitrogens with zero attached hydrogens (tertiary/aromatic N) is 2. The molecule has 0 fully saturated rings. The molecule has 3 aromatic rings. The Hall–Kier alpha value is -3.47. The van der Waals surface area contributed by atoms with Gasteiger partial charge in [-0.05, 0) is 78.1 Å². The average molecular weight is 387 g/mol. The molecule has 0 atom stereocenters. The van der Waals surface area contributed by atoms with Crippen molar-refractivity contribution < 1.29 is 9.18 Å². The second-order valence-electron chi connectivity index (χ2n) is 7.36. The average Bonchev–Trinajstić information content (AvgIpc) is 3.12. The van der Waals surface area contributed by atoms with Gasteiger partial charge in [-0.3, -0.25) is 4.79 Å². The maximum Gasteiger partial charge on any atom is 0.271 e. The zero-order valence-corrected chi connectivity index (χ0v) is 16.4. The first-order valence-corrected chi connectivity index (χ1v) is 9.52. The predicted molar refractivity (Wildman–Crippen MR) is 114 cm³/mol. The van der Waals surface area contributed by atoms with E-state index in [1.807, 2.05) is 12.1 Å². The summed E-state index contributed by atoms with van der Waals surface area (Å²) in [7, 11) is 0. The minimum Gasteiger partial charge on any atom is -0.363 e. The smallest absolute Gasteiger partial charge is 0.271 e. The number of nitrogens with one attached hydrogen (secondary N) is 1. The van der Waals surface area contributed by atoms with E-state index in [9.17, 15) is 9.18 Å². The molecular weight excluding hydrogens is 365 g/mol. The zero-order chi connectivity index (χ0) is 20.4. The first-order chi connectivity index (χ1) is 14.0. The molecule has 0 bridgehead atoms. The van der Waals surface area contributed by atoms with E-state index in [-0.39, 0.29) is 11.7 Å². The molecule has 5 heteroatoms. The maximum atomic E-state index is 12.9. The van der Waals surface area contributed by atoms with Gasteiger partial charge in [-0.2, -0.15) is 5.10 Å². The van der Waals surface area contributed by atoms with Crippen molar-refractivity contribution in [2.45, 2.75) is 26.9 Å². The van der Waals surface area contributed by atoms with Crippen LogP contribution in [0.2, 0.25) is 0 Å². The number of benzene rings is 3. The summed E-state index contributed by atoms with van der Waals surface area (Å²) in [6.45, 7) is 6.04. The van der Waals surface area contributed by atoms with Gasteiger partial charge in [-0.25, -0.2) is 9.82 Å². The standard InChI is InChI=1S/C24H22FN3O/c1-16-11-20-14-28(15-21(20)12-17(16)2)23-9-5-19(6-10-23)24(29)27-26-13-18-3-7-22(25)8-4-18/h3-13H,14-15H2,1-2H3,(H,27,29)/b26-13-. The molecule has 1 heterocycles. The molecule has 1 aliphatic heterocycles. The molecule has 0 aromatic heterocycles. The Morgan fingerprint density at radius 1 is 0.966 bits per heavy atom. The molecule has 4 rings (SSSR count). The molecule has 0 radical (unpaired) electrons. The molecule has 29 heavy (non-hydrogen) atoms. The van der Waals surface area contributed by atoms with Crippen LogP contribution in [0.1, 0.15) is 38.2 Å². The van der Waals surface area contributed by atoms with Gasteiger partial charge in [0.15, 0.2) is 0 Å². The SMILES string of the molecule is Cc1cc2c(cc1C)CN(c1ccc(C(=O)N/N=C\c3ccc(F)cc3)cc1)C2. The molecule has 0 spiro atoms. The fourth-order valence-corrected chi connectivity index (χ4v) is 3.48. The van der Waals surface area contributed by atoms with Gasteiger partial charge >= 0.3 is 0 Å². The number of carbonyl (C=O) groups is 1. The first-order valence-electron chi connectivity index (χ1n) is 9.52. The highest BCUT2D eigenvalue weighted by Gasteiger charge is 2.20. The van der Waals surface area contributed by atoms with Crippen molar-refractivity contribution in [2.75, 3.05) is 4.90 Å². The molecule has 1 amide bonds. The molecule has 0 aliphatic carbocycles. The van der Waals surface area contributed by atoms with Crippen LogP contribution in [0.5, 0.6) is 0 Å². The number of anilines is 1. The predicted octanol–water partition coefficient (Wildman–Crippen LogP) is 4.73. The van der Waals surface area contributed by atoms with Gasteiger partial charge in [-0.1, -0.05) is 24.3 Å². The lowest BCUT2D eigenvalue weighted by Crippen LogP contribution is -2.18. The number of carbonyl (C=O) groups excluding carboxylic acids is 1. The highest BCUT2D eigenvalue weighted by Crippen LogP contribution is 2.30. The fourth-order valence-electron chi connectivity index (χ4n) is 3.48. The van der Waals surface area contributed by atoms with Crippen LogP contribution in [0, 0.1) is 19.7 Å². The second kappa shape index (κ2) is 7.87. The highest BCUT2D eigenvalue weighted by molar-refractivity contribution is 5.95. The summed E-state index contributed by atoms with van der Waals surface area (Å²) in [6.07, 6.45) is 1.48. The maximum absolute atomic E-state index is 12.9. The van der Waals surface area contributed by atoms with Crippen molar-refractivity contribution in [2.24, 2.45) is 5.10 Å². The van der Waals surface area contributed by atoms with Gasteiger partial charge in [0.2, 0.25) is 0 Å². The molecule has 0 saturated carbocycles. The number of hydrogen-bond acceptors (Lipinski definition) is 3. The third kappa shape index (κ3) is 4.19. The number of fused-ring (bicyclic) bond motifs is 1. The van der Waals surface area contributed by atoms with E-state index in [0.717, 1.165) is 18.8 Å². The van der Waals surface area contributed by atoms with Crippen molar-refractivity contribution >= 4 is 17.8 Å². The Morgan fingerprint density at radius 3 is 2.14 bits per heavy atom. The molecule has 146 valence electrons. The summed E-state index contributed by atoms with van der Waals surface area (Å²) < 4.78 is 12.9. The molecule has 3 aromatic carbocycles. The Kier molecular flexibility index (Phi) is 5.12. The molecule has 1 aliphatic rings. The van der Waals surface area contributed by atoms with E-state index in [2.05, 4.69) is 41.4 Å². The van der Waals surface area contributed by atoms with Crippen LogP contribution in [0.15, 0.2) is 65.8 Å². The van der Waals surface area contributed by atoms with Gasteiger partial charge < -0.3 is 4.90 Å². The minimum atomic E-state index is -0.308. The van der Waals surface area contributed by atoms with E-state index < -0.39 is 0 Å². The molecule has 4 nitrogen and oxygen atoms in total. The number of hydrogen-bond donors (Lipinski definition) is 1. The summed E-state index contributed by atoms with van der Waals surface area (Å²) in [6, 6.07) is 18.0. The second-order valence-corrected chi connectivity index (χ2v) is 7.36. The van der Waals surface area contributed by atoms with Crippen molar-refractivity contribution in [3.63, 3.8) is 0 Å². The highest BCUT2D eigenvalue weighted by atomic mass is 19.1. The zero-order valence-electron chi connectivity index (χ0n) is 16.4. The van der Waals surface area contributed by atoms with E-state index in [4.69, 9.17) is 0 Å². The van der Waals surface area contributed by atoms with E-state index >= 15 is 0 Å². The lowest BCUT2D eigenvalue weighted by Gasteiger charge is -2.17. The minimum absolute atomic E-state index is 0.286. The van der Waals surface area contributed by atoms with Gasteiger partial charge in [0, 0.05) is 24.3 Å². The fraction of sp³-hybridized carbons (Fsp3) is 0.167. The molecule has 1 N–H and O–H groups in total. The van der Waals surface area contributed by atoms with Crippen LogP contribution < -0.4 is 10.3 Å². The van der Waals surface area contributed by atoms with E-state index in [1.54, 1.807) is 24.3 Å². The van der Waals surface area contributed by atoms with Crippen LogP contribution in [0.3, 0.4) is 0 Å². The number of aryl methyl sites for hydroxylation is 2. The van der Waals surface area contributed by atoms with Crippen LogP contribution in [-0.4, -0.2) is 12.1 Å². The van der Waals surface area contributed by atoms with Crippen molar-refractivity contribution in [1.82, 2.24) is 5.43 Å². The summed E-state index contributed by atoms with van der Waals surface area (Å²) in [5, 5.41) is 3.93. The number of halogens is 1. The normalized spacial score (nSPS) is 13.0.